The summed E-state index contributed by atoms with van der Waals surface area (Å²) < 4.78 is 13.0. The Morgan fingerprint density at radius 3 is 2.53 bits per heavy atom. The number of hydrogen-bond acceptors (Lipinski definition) is 3. The predicted molar refractivity (Wildman–Crippen MR) is 119 cm³/mol. The van der Waals surface area contributed by atoms with Gasteiger partial charge >= 0.3 is 0 Å². The summed E-state index contributed by atoms with van der Waals surface area (Å²) in [5, 5.41) is 4.06. The fourth-order valence-corrected chi connectivity index (χ4v) is 3.30. The number of rotatable bonds is 8. The zero-order chi connectivity index (χ0) is 20.8. The smallest absolute Gasteiger partial charge is 0.255 e. The topological polar surface area (TPSA) is 52.5 Å². The number of hydrogen-bond donors (Lipinski definition) is 1. The Morgan fingerprint density at radius 1 is 0.967 bits per heavy atom. The molecule has 0 aliphatic carbocycles. The number of nitrogens with one attached hydrogen (secondary N) is 1. The lowest BCUT2D eigenvalue weighted by Gasteiger charge is -2.09. The Hall–Kier alpha value is -3.57. The van der Waals surface area contributed by atoms with Crippen LogP contribution in [-0.2, 0) is 17.9 Å². The van der Waals surface area contributed by atoms with Crippen molar-refractivity contribution in [3.05, 3.63) is 96.2 Å². The molecule has 1 heterocycles. The molecular weight excluding hydrogens is 376 g/mol. The predicted octanol–water partition coefficient (Wildman–Crippen LogP) is 5.12. The van der Waals surface area contributed by atoms with E-state index < -0.39 is 0 Å². The molecule has 0 fully saturated rings. The first-order valence-corrected chi connectivity index (χ1v) is 9.89. The van der Waals surface area contributed by atoms with Crippen molar-refractivity contribution in [1.29, 1.82) is 0 Å². The van der Waals surface area contributed by atoms with Crippen molar-refractivity contribution in [2.75, 3.05) is 19.0 Å². The maximum atomic E-state index is 12.6. The molecule has 3 aromatic carbocycles. The normalized spacial score (nSPS) is 10.8. The second-order valence-corrected chi connectivity index (χ2v) is 7.03. The van der Waals surface area contributed by atoms with E-state index in [-0.39, 0.29) is 5.91 Å². The monoisotopic (exact) mass is 400 g/mol. The third-order valence-corrected chi connectivity index (χ3v) is 4.93. The summed E-state index contributed by atoms with van der Waals surface area (Å²) in [6, 6.07) is 25.1. The number of benzene rings is 3. The minimum Gasteiger partial charge on any atom is -0.489 e. The average molecular weight is 400 g/mol. The summed E-state index contributed by atoms with van der Waals surface area (Å²) in [7, 11) is 1.70. The molecule has 30 heavy (non-hydrogen) atoms. The van der Waals surface area contributed by atoms with Crippen LogP contribution < -0.4 is 10.1 Å². The van der Waals surface area contributed by atoms with Crippen molar-refractivity contribution in [3.63, 3.8) is 0 Å². The van der Waals surface area contributed by atoms with Crippen molar-refractivity contribution in [1.82, 2.24) is 4.57 Å². The second kappa shape index (κ2) is 9.29. The van der Waals surface area contributed by atoms with Gasteiger partial charge in [0.25, 0.3) is 5.91 Å². The SMILES string of the molecule is COCCn1ccc2cc(NC(=O)c3ccc(COc4ccccc4)cc3)ccc21. The summed E-state index contributed by atoms with van der Waals surface area (Å²) in [5.74, 6) is 0.689. The number of aromatic nitrogens is 1. The highest BCUT2D eigenvalue weighted by atomic mass is 16.5. The number of amides is 1. The zero-order valence-corrected chi connectivity index (χ0v) is 16.9. The Morgan fingerprint density at radius 2 is 1.77 bits per heavy atom. The summed E-state index contributed by atoms with van der Waals surface area (Å²) in [5.41, 5.74) is 3.51. The molecule has 0 aliphatic rings. The molecule has 0 spiro atoms. The quantitative estimate of drug-likeness (QED) is 0.447. The molecule has 4 aromatic rings. The van der Waals surface area contributed by atoms with Gasteiger partial charge in [-0.05, 0) is 54.1 Å². The van der Waals surface area contributed by atoms with Gasteiger partial charge in [-0.2, -0.15) is 0 Å². The molecule has 1 N–H and O–H groups in total. The van der Waals surface area contributed by atoms with Gasteiger partial charge in [0.15, 0.2) is 0 Å². The van der Waals surface area contributed by atoms with Gasteiger partial charge in [-0.1, -0.05) is 30.3 Å². The van der Waals surface area contributed by atoms with Gasteiger partial charge in [-0.25, -0.2) is 0 Å². The molecule has 5 heteroatoms. The van der Waals surface area contributed by atoms with E-state index >= 15 is 0 Å². The molecule has 5 nitrogen and oxygen atoms in total. The van der Waals surface area contributed by atoms with E-state index in [4.69, 9.17) is 9.47 Å². The minimum absolute atomic E-state index is 0.135. The standard InChI is InChI=1S/C25H24N2O3/c1-29-16-15-27-14-13-21-17-22(11-12-24(21)27)26-25(28)20-9-7-19(8-10-20)18-30-23-5-3-2-4-6-23/h2-14,17H,15-16,18H2,1H3,(H,26,28). The van der Waals surface area contributed by atoms with Crippen molar-refractivity contribution >= 4 is 22.5 Å². The van der Waals surface area contributed by atoms with Gasteiger partial charge in [0, 0.05) is 42.0 Å². The van der Waals surface area contributed by atoms with Crippen LogP contribution in [0.3, 0.4) is 0 Å². The largest absolute Gasteiger partial charge is 0.489 e. The van der Waals surface area contributed by atoms with Crippen molar-refractivity contribution < 1.29 is 14.3 Å². The number of carbonyl (C=O) groups excluding carboxylic acids is 1. The average Bonchev–Trinajstić information content (AvgIpc) is 3.19. The zero-order valence-electron chi connectivity index (χ0n) is 16.9. The van der Waals surface area contributed by atoms with Gasteiger partial charge in [-0.15, -0.1) is 0 Å². The molecular formula is C25H24N2O3. The van der Waals surface area contributed by atoms with Crippen molar-refractivity contribution in [3.8, 4) is 5.75 Å². The van der Waals surface area contributed by atoms with E-state index in [1.54, 1.807) is 7.11 Å². The van der Waals surface area contributed by atoms with E-state index in [0.29, 0.717) is 18.8 Å². The first-order chi connectivity index (χ1) is 14.7. The number of ether oxygens (including phenoxy) is 2. The third-order valence-electron chi connectivity index (χ3n) is 4.93. The van der Waals surface area contributed by atoms with E-state index in [2.05, 4.69) is 9.88 Å². The van der Waals surface area contributed by atoms with Gasteiger partial charge in [0.05, 0.1) is 6.61 Å². The summed E-state index contributed by atoms with van der Waals surface area (Å²) in [6.45, 7) is 1.92. The fourth-order valence-electron chi connectivity index (χ4n) is 3.30. The molecule has 0 saturated heterocycles. The summed E-state index contributed by atoms with van der Waals surface area (Å²) >= 11 is 0. The first kappa shape index (κ1) is 19.7. The number of methoxy groups -OCH3 is 1. The lowest BCUT2D eigenvalue weighted by molar-refractivity contribution is 0.102. The van der Waals surface area contributed by atoms with Crippen LogP contribution in [0.2, 0.25) is 0 Å². The Balaban J connectivity index is 1.38. The van der Waals surface area contributed by atoms with Crippen LogP contribution in [0, 0.1) is 0 Å². The molecule has 0 unspecified atom stereocenters. The summed E-state index contributed by atoms with van der Waals surface area (Å²) in [6.07, 6.45) is 2.03. The van der Waals surface area contributed by atoms with Crippen LogP contribution in [0.1, 0.15) is 15.9 Å². The second-order valence-electron chi connectivity index (χ2n) is 7.03. The molecule has 152 valence electrons. The Kier molecular flexibility index (Phi) is 6.11. The molecule has 0 atom stereocenters. The van der Waals surface area contributed by atoms with E-state index in [1.165, 1.54) is 0 Å². The number of carbonyl (C=O) groups is 1. The first-order valence-electron chi connectivity index (χ1n) is 9.89. The van der Waals surface area contributed by atoms with Crippen LogP contribution in [0.5, 0.6) is 5.75 Å². The van der Waals surface area contributed by atoms with Gasteiger partial charge < -0.3 is 19.4 Å². The highest BCUT2D eigenvalue weighted by Gasteiger charge is 2.08. The maximum Gasteiger partial charge on any atom is 0.255 e. The van der Waals surface area contributed by atoms with Crippen molar-refractivity contribution in [2.24, 2.45) is 0 Å². The van der Waals surface area contributed by atoms with Crippen molar-refractivity contribution in [2.45, 2.75) is 13.2 Å². The molecule has 1 amide bonds. The van der Waals surface area contributed by atoms with E-state index in [0.717, 1.165) is 34.4 Å². The lowest BCUT2D eigenvalue weighted by Crippen LogP contribution is -2.12. The van der Waals surface area contributed by atoms with Crippen LogP contribution >= 0.6 is 0 Å². The molecule has 4 rings (SSSR count). The minimum atomic E-state index is -0.135. The highest BCUT2D eigenvalue weighted by molar-refractivity contribution is 6.05. The number of nitrogens with zero attached hydrogens (tertiary/aromatic N) is 1. The number of fused-ring (bicyclic) bond motifs is 1. The van der Waals surface area contributed by atoms with Crippen LogP contribution in [0.25, 0.3) is 10.9 Å². The number of anilines is 1. The van der Waals surface area contributed by atoms with E-state index in [1.807, 2.05) is 85.1 Å². The maximum absolute atomic E-state index is 12.6. The molecule has 0 bridgehead atoms. The summed E-state index contributed by atoms with van der Waals surface area (Å²) in [4.78, 5) is 12.6. The van der Waals surface area contributed by atoms with Crippen LogP contribution in [-0.4, -0.2) is 24.2 Å². The fraction of sp³-hybridized carbons (Fsp3) is 0.160. The Bertz CT molecular complexity index is 1120. The van der Waals surface area contributed by atoms with Gasteiger partial charge in [-0.3, -0.25) is 4.79 Å². The highest BCUT2D eigenvalue weighted by Crippen LogP contribution is 2.21. The lowest BCUT2D eigenvalue weighted by atomic mass is 10.1. The van der Waals surface area contributed by atoms with E-state index in [9.17, 15) is 4.79 Å². The molecule has 1 aromatic heterocycles. The van der Waals surface area contributed by atoms with Crippen LogP contribution in [0.4, 0.5) is 5.69 Å². The number of para-hydroxylation sites is 1. The van der Waals surface area contributed by atoms with Gasteiger partial charge in [0.1, 0.15) is 12.4 Å². The molecule has 0 radical (unpaired) electrons. The third kappa shape index (κ3) is 4.70. The molecule has 0 aliphatic heterocycles. The van der Waals surface area contributed by atoms with Crippen LogP contribution in [0.15, 0.2) is 85.1 Å². The van der Waals surface area contributed by atoms with Gasteiger partial charge in [0.2, 0.25) is 0 Å². The Labute approximate surface area is 175 Å². The molecule has 0 saturated carbocycles.